The lowest BCUT2D eigenvalue weighted by atomic mass is 10.2. The van der Waals surface area contributed by atoms with Gasteiger partial charge < -0.3 is 28.8 Å². The quantitative estimate of drug-likeness (QED) is 0.300. The molecule has 1 N–H and O–H groups in total. The average molecular weight is 523 g/mol. The number of carbonyl (C=O) groups excluding carboxylic acids is 3. The van der Waals surface area contributed by atoms with Crippen LogP contribution in [0.3, 0.4) is 0 Å². The Morgan fingerprint density at radius 1 is 0.806 bits per heavy atom. The van der Waals surface area contributed by atoms with Gasteiger partial charge in [0.1, 0.15) is 23.8 Å². The Labute approximate surface area is 215 Å². The van der Waals surface area contributed by atoms with Gasteiger partial charge in [0.25, 0.3) is 0 Å². The summed E-state index contributed by atoms with van der Waals surface area (Å²) in [5.74, 6) is -1.50. The molecule has 0 aromatic rings. The van der Waals surface area contributed by atoms with Gasteiger partial charge in [-0.1, -0.05) is 6.92 Å². The number of carboxylic acid groups (broad SMARTS) is 1. The number of hydrogen-bond donors (Lipinski definition) is 1. The smallest absolute Gasteiger partial charge is 0.411 e. The van der Waals surface area contributed by atoms with Gasteiger partial charge in [-0.05, 0) is 54.9 Å². The number of nitrogens with zero attached hydrogens (tertiary/aromatic N) is 2. The second kappa shape index (κ2) is 17.8. The van der Waals surface area contributed by atoms with Gasteiger partial charge in [-0.2, -0.15) is 0 Å². The van der Waals surface area contributed by atoms with E-state index < -0.39 is 41.4 Å². The minimum atomic E-state index is -1.04. The molecule has 12 heteroatoms. The van der Waals surface area contributed by atoms with Crippen molar-refractivity contribution < 1.29 is 48.0 Å². The van der Waals surface area contributed by atoms with E-state index in [2.05, 4.69) is 0 Å². The number of methoxy groups -OCH3 is 2. The van der Waals surface area contributed by atoms with E-state index in [0.717, 1.165) is 0 Å². The van der Waals surface area contributed by atoms with E-state index in [1.54, 1.807) is 55.4 Å². The molecule has 2 amide bonds. The molecule has 0 aliphatic carbocycles. The molecule has 1 atom stereocenters. The monoisotopic (exact) mass is 522 g/mol. The van der Waals surface area contributed by atoms with Gasteiger partial charge in [0.15, 0.2) is 0 Å². The first-order valence-corrected chi connectivity index (χ1v) is 11.9. The van der Waals surface area contributed by atoms with Gasteiger partial charge in [0.2, 0.25) is 0 Å². The van der Waals surface area contributed by atoms with Crippen LogP contribution in [0, 0.1) is 0 Å². The Morgan fingerprint density at radius 3 is 1.67 bits per heavy atom. The Hall–Kier alpha value is -2.60. The maximum Gasteiger partial charge on any atom is 0.411 e. The van der Waals surface area contributed by atoms with E-state index in [1.807, 2.05) is 0 Å². The van der Waals surface area contributed by atoms with Gasteiger partial charge in [-0.25, -0.2) is 14.4 Å². The first-order valence-electron chi connectivity index (χ1n) is 11.9. The van der Waals surface area contributed by atoms with Crippen LogP contribution in [-0.2, 0) is 33.3 Å². The SMILES string of the molecule is CCC(C(=O)O)N(CCOC)C(=O)OC(C)(C)C.CCOC(=O)CN(CCOC)C(=O)OC(C)(C)C. The highest BCUT2D eigenvalue weighted by Crippen LogP contribution is 2.14. The largest absolute Gasteiger partial charge is 0.480 e. The molecular weight excluding hydrogens is 476 g/mol. The fourth-order valence-electron chi connectivity index (χ4n) is 2.54. The van der Waals surface area contributed by atoms with Crippen molar-refractivity contribution in [2.45, 2.75) is 79.1 Å². The summed E-state index contributed by atoms with van der Waals surface area (Å²) in [6, 6.07) is -0.894. The summed E-state index contributed by atoms with van der Waals surface area (Å²) in [5.41, 5.74) is -1.25. The van der Waals surface area contributed by atoms with Crippen LogP contribution in [0.5, 0.6) is 0 Å². The van der Waals surface area contributed by atoms with E-state index in [-0.39, 0.29) is 32.8 Å². The number of hydrogen-bond acceptors (Lipinski definition) is 9. The fraction of sp³-hybridized carbons (Fsp3) is 0.833. The zero-order chi connectivity index (χ0) is 28.5. The van der Waals surface area contributed by atoms with Crippen LogP contribution >= 0.6 is 0 Å². The molecule has 0 aliphatic heterocycles. The average Bonchev–Trinajstić information content (AvgIpc) is 2.71. The van der Waals surface area contributed by atoms with Gasteiger partial charge in [0.05, 0.1) is 19.8 Å². The molecule has 0 bridgehead atoms. The summed E-state index contributed by atoms with van der Waals surface area (Å²) in [4.78, 5) is 48.8. The second-order valence-electron chi connectivity index (χ2n) is 9.63. The second-order valence-corrected chi connectivity index (χ2v) is 9.63. The molecule has 0 spiro atoms. The van der Waals surface area contributed by atoms with Crippen molar-refractivity contribution in [2.75, 3.05) is 53.7 Å². The predicted molar refractivity (Wildman–Crippen MR) is 133 cm³/mol. The first-order chi connectivity index (χ1) is 16.5. The molecule has 0 aromatic heterocycles. The van der Waals surface area contributed by atoms with Crippen LogP contribution in [0.15, 0.2) is 0 Å². The standard InChI is InChI=1S/2C12H23NO5/c1-6-17-10(14)9-13(7-8-16-5)11(15)18-12(2,3)4;1-6-9(10(14)15)13(7-8-17-5)11(16)18-12(2,3)4/h6-9H2,1-5H3;9H,6-8H2,1-5H3,(H,14,15). The van der Waals surface area contributed by atoms with Gasteiger partial charge in [0, 0.05) is 27.3 Å². The minimum Gasteiger partial charge on any atom is -0.480 e. The highest BCUT2D eigenvalue weighted by molar-refractivity contribution is 5.80. The number of esters is 1. The van der Waals surface area contributed by atoms with Crippen LogP contribution < -0.4 is 0 Å². The van der Waals surface area contributed by atoms with Gasteiger partial charge in [-0.3, -0.25) is 14.6 Å². The van der Waals surface area contributed by atoms with Crippen LogP contribution in [0.2, 0.25) is 0 Å². The maximum atomic E-state index is 12.0. The van der Waals surface area contributed by atoms with Crippen molar-refractivity contribution >= 4 is 24.1 Å². The Morgan fingerprint density at radius 2 is 1.28 bits per heavy atom. The van der Waals surface area contributed by atoms with Crippen molar-refractivity contribution in [3.8, 4) is 0 Å². The number of rotatable bonds is 12. The topological polar surface area (TPSA) is 141 Å². The number of carbonyl (C=O) groups is 4. The number of amides is 2. The molecule has 0 heterocycles. The summed E-state index contributed by atoms with van der Waals surface area (Å²) in [6.07, 6.45) is -0.862. The zero-order valence-electron chi connectivity index (χ0n) is 23.5. The maximum absolute atomic E-state index is 12.0. The summed E-state index contributed by atoms with van der Waals surface area (Å²) < 4.78 is 25.0. The lowest BCUT2D eigenvalue weighted by Gasteiger charge is -2.30. The molecule has 12 nitrogen and oxygen atoms in total. The highest BCUT2D eigenvalue weighted by atomic mass is 16.6. The predicted octanol–water partition coefficient (Wildman–Crippen LogP) is 3.17. The molecule has 0 fully saturated rings. The zero-order valence-corrected chi connectivity index (χ0v) is 23.5. The summed E-state index contributed by atoms with van der Waals surface area (Å²) in [6.45, 7) is 15.2. The van der Waals surface area contributed by atoms with Crippen LogP contribution in [0.1, 0.15) is 61.8 Å². The van der Waals surface area contributed by atoms with Crippen molar-refractivity contribution in [1.29, 1.82) is 0 Å². The number of ether oxygens (including phenoxy) is 5. The third kappa shape index (κ3) is 17.8. The lowest BCUT2D eigenvalue weighted by molar-refractivity contribution is -0.144. The third-order valence-corrected chi connectivity index (χ3v) is 4.05. The Balaban J connectivity index is 0. The molecule has 1 unspecified atom stereocenters. The van der Waals surface area contributed by atoms with E-state index in [4.69, 9.17) is 28.8 Å². The molecule has 0 saturated heterocycles. The molecule has 0 rings (SSSR count). The van der Waals surface area contributed by atoms with Gasteiger partial charge in [-0.15, -0.1) is 0 Å². The molecule has 0 radical (unpaired) electrons. The molecule has 0 aliphatic rings. The number of carboxylic acids is 1. The van der Waals surface area contributed by atoms with Crippen LogP contribution in [-0.4, -0.2) is 110 Å². The Bertz CT molecular complexity index is 669. The third-order valence-electron chi connectivity index (χ3n) is 4.05. The number of aliphatic carboxylic acids is 1. The summed E-state index contributed by atoms with van der Waals surface area (Å²) >= 11 is 0. The first kappa shape index (κ1) is 35.6. The summed E-state index contributed by atoms with van der Waals surface area (Å²) in [7, 11) is 3.02. The molecular formula is C24H46N2O10. The van der Waals surface area contributed by atoms with E-state index in [9.17, 15) is 19.2 Å². The fourth-order valence-corrected chi connectivity index (χ4v) is 2.54. The minimum absolute atomic E-state index is 0.133. The van der Waals surface area contributed by atoms with Crippen molar-refractivity contribution in [2.24, 2.45) is 0 Å². The van der Waals surface area contributed by atoms with Gasteiger partial charge >= 0.3 is 24.1 Å². The molecule has 212 valence electrons. The summed E-state index contributed by atoms with van der Waals surface area (Å²) in [5, 5.41) is 9.10. The normalized spacial score (nSPS) is 11.9. The lowest BCUT2D eigenvalue weighted by Crippen LogP contribution is -2.48. The van der Waals surface area contributed by atoms with Crippen LogP contribution in [0.25, 0.3) is 0 Å². The molecule has 0 aromatic carbocycles. The van der Waals surface area contributed by atoms with Crippen LogP contribution in [0.4, 0.5) is 9.59 Å². The van der Waals surface area contributed by atoms with Crippen molar-refractivity contribution in [3.63, 3.8) is 0 Å². The van der Waals surface area contributed by atoms with E-state index >= 15 is 0 Å². The highest BCUT2D eigenvalue weighted by Gasteiger charge is 2.31. The molecule has 0 saturated carbocycles. The molecule has 36 heavy (non-hydrogen) atoms. The van der Waals surface area contributed by atoms with E-state index in [0.29, 0.717) is 13.0 Å². The Kier molecular flexibility index (Phi) is 17.6. The van der Waals surface area contributed by atoms with Crippen molar-refractivity contribution in [3.05, 3.63) is 0 Å². The van der Waals surface area contributed by atoms with E-state index in [1.165, 1.54) is 24.0 Å². The van der Waals surface area contributed by atoms with Crippen molar-refractivity contribution in [1.82, 2.24) is 9.80 Å².